The molecule has 0 unspecified atom stereocenters. The van der Waals surface area contributed by atoms with E-state index in [1.165, 1.54) is 12.8 Å². The highest BCUT2D eigenvalue weighted by atomic mass is 16.2. The first kappa shape index (κ1) is 19.9. The van der Waals surface area contributed by atoms with E-state index in [-0.39, 0.29) is 5.57 Å². The molecule has 2 fully saturated rings. The maximum absolute atomic E-state index is 13.2. The molecule has 2 aromatic carbocycles. The van der Waals surface area contributed by atoms with Gasteiger partial charge in [0, 0.05) is 18.8 Å². The van der Waals surface area contributed by atoms with Gasteiger partial charge in [0.15, 0.2) is 0 Å². The first-order valence-electron chi connectivity index (χ1n) is 10.2. The predicted molar refractivity (Wildman–Crippen MR) is 118 cm³/mol. The third-order valence-electron chi connectivity index (χ3n) is 5.64. The zero-order valence-electron chi connectivity index (χ0n) is 17.5. The summed E-state index contributed by atoms with van der Waals surface area (Å²) < 4.78 is 0. The molecule has 0 atom stereocenters. The molecule has 4 amide bonds. The first-order valence-corrected chi connectivity index (χ1v) is 10.2. The third kappa shape index (κ3) is 3.61. The molecule has 4 rings (SSSR count). The Morgan fingerprint density at radius 3 is 2.10 bits per heavy atom. The number of nitrogens with one attached hydrogen (secondary N) is 1. The van der Waals surface area contributed by atoms with Crippen LogP contribution in [0, 0.1) is 20.8 Å². The number of carbonyl (C=O) groups excluding carboxylic acids is 3. The molecule has 0 radical (unpaired) electrons. The van der Waals surface area contributed by atoms with Crippen molar-refractivity contribution in [3.05, 3.63) is 64.2 Å². The second-order valence-electron chi connectivity index (χ2n) is 7.99. The highest BCUT2D eigenvalue weighted by Gasteiger charge is 2.38. The van der Waals surface area contributed by atoms with Gasteiger partial charge in [-0.15, -0.1) is 0 Å². The van der Waals surface area contributed by atoms with Gasteiger partial charge in [0.1, 0.15) is 5.57 Å². The van der Waals surface area contributed by atoms with Crippen LogP contribution in [0.15, 0.2) is 42.0 Å². The van der Waals surface area contributed by atoms with E-state index in [4.69, 9.17) is 0 Å². The zero-order valence-corrected chi connectivity index (χ0v) is 17.5. The summed E-state index contributed by atoms with van der Waals surface area (Å²) in [6.07, 6.45) is 3.94. The monoisotopic (exact) mass is 403 g/mol. The second-order valence-corrected chi connectivity index (χ2v) is 7.99. The molecule has 0 saturated carbocycles. The Morgan fingerprint density at radius 2 is 1.50 bits per heavy atom. The smallest absolute Gasteiger partial charge is 0.335 e. The Labute approximate surface area is 176 Å². The zero-order chi connectivity index (χ0) is 21.4. The fourth-order valence-corrected chi connectivity index (χ4v) is 4.31. The number of benzene rings is 2. The van der Waals surface area contributed by atoms with Crippen molar-refractivity contribution in [2.45, 2.75) is 33.6 Å². The summed E-state index contributed by atoms with van der Waals surface area (Å²) in [5.41, 5.74) is 5.00. The van der Waals surface area contributed by atoms with Gasteiger partial charge >= 0.3 is 6.03 Å². The number of urea groups is 1. The minimum atomic E-state index is -0.721. The van der Waals surface area contributed by atoms with E-state index >= 15 is 0 Å². The molecule has 6 nitrogen and oxygen atoms in total. The van der Waals surface area contributed by atoms with Crippen LogP contribution in [-0.2, 0) is 9.59 Å². The van der Waals surface area contributed by atoms with E-state index < -0.39 is 17.8 Å². The summed E-state index contributed by atoms with van der Waals surface area (Å²) in [6.45, 7) is 7.77. The molecule has 1 N–H and O–H groups in total. The van der Waals surface area contributed by atoms with Crippen LogP contribution in [0.2, 0.25) is 0 Å². The number of aryl methyl sites for hydroxylation is 3. The maximum Gasteiger partial charge on any atom is 0.335 e. The third-order valence-corrected chi connectivity index (χ3v) is 5.64. The molecule has 0 spiro atoms. The molecule has 6 heteroatoms. The maximum atomic E-state index is 13.2. The number of carbonyl (C=O) groups is 3. The summed E-state index contributed by atoms with van der Waals surface area (Å²) in [4.78, 5) is 41.5. The molecule has 30 heavy (non-hydrogen) atoms. The van der Waals surface area contributed by atoms with Crippen LogP contribution in [0.3, 0.4) is 0 Å². The van der Waals surface area contributed by atoms with Crippen molar-refractivity contribution in [1.82, 2.24) is 5.32 Å². The van der Waals surface area contributed by atoms with Crippen LogP contribution >= 0.6 is 0 Å². The molecular weight excluding hydrogens is 378 g/mol. The molecule has 2 aromatic rings. The predicted octanol–water partition coefficient (Wildman–Crippen LogP) is 3.88. The number of hydrogen-bond acceptors (Lipinski definition) is 4. The van der Waals surface area contributed by atoms with E-state index in [1.54, 1.807) is 6.08 Å². The van der Waals surface area contributed by atoms with Crippen LogP contribution in [0.4, 0.5) is 16.2 Å². The van der Waals surface area contributed by atoms with Crippen LogP contribution in [-0.4, -0.2) is 30.9 Å². The topological polar surface area (TPSA) is 69.7 Å². The minimum Gasteiger partial charge on any atom is -0.372 e. The van der Waals surface area contributed by atoms with Crippen molar-refractivity contribution in [3.63, 3.8) is 0 Å². The average molecular weight is 403 g/mol. The Balaban J connectivity index is 1.67. The van der Waals surface area contributed by atoms with Crippen molar-refractivity contribution in [2.24, 2.45) is 0 Å². The van der Waals surface area contributed by atoms with Crippen molar-refractivity contribution < 1.29 is 14.4 Å². The lowest BCUT2D eigenvalue weighted by Crippen LogP contribution is -2.54. The van der Waals surface area contributed by atoms with Gasteiger partial charge in [-0.25, -0.2) is 9.69 Å². The van der Waals surface area contributed by atoms with Gasteiger partial charge in [0.25, 0.3) is 11.8 Å². The van der Waals surface area contributed by atoms with E-state index in [2.05, 4.69) is 10.2 Å². The Bertz CT molecular complexity index is 1040. The molecule has 2 saturated heterocycles. The quantitative estimate of drug-likeness (QED) is 0.624. The second kappa shape index (κ2) is 7.78. The van der Waals surface area contributed by atoms with Crippen LogP contribution < -0.4 is 15.1 Å². The summed E-state index contributed by atoms with van der Waals surface area (Å²) in [6, 6.07) is 10.9. The fraction of sp³-hybridized carbons (Fsp3) is 0.292. The lowest BCUT2D eigenvalue weighted by molar-refractivity contribution is -0.122. The lowest BCUT2D eigenvalue weighted by atomic mass is 10.0. The molecule has 2 heterocycles. The number of nitrogens with zero attached hydrogens (tertiary/aromatic N) is 2. The largest absolute Gasteiger partial charge is 0.372 e. The van der Waals surface area contributed by atoms with Crippen molar-refractivity contribution in [1.29, 1.82) is 0 Å². The van der Waals surface area contributed by atoms with Crippen molar-refractivity contribution in [3.8, 4) is 0 Å². The number of imide groups is 2. The number of barbiturate groups is 1. The molecule has 2 aliphatic rings. The van der Waals surface area contributed by atoms with Crippen LogP contribution in [0.25, 0.3) is 6.08 Å². The highest BCUT2D eigenvalue weighted by Crippen LogP contribution is 2.30. The number of amides is 4. The minimum absolute atomic E-state index is 0.0529. The Kier molecular flexibility index (Phi) is 5.16. The van der Waals surface area contributed by atoms with Gasteiger partial charge in [-0.05, 0) is 68.5 Å². The van der Waals surface area contributed by atoms with Gasteiger partial charge in [-0.2, -0.15) is 0 Å². The van der Waals surface area contributed by atoms with E-state index in [1.807, 2.05) is 57.2 Å². The van der Waals surface area contributed by atoms with Crippen LogP contribution in [0.5, 0.6) is 0 Å². The van der Waals surface area contributed by atoms with Gasteiger partial charge in [0.05, 0.1) is 5.69 Å². The van der Waals surface area contributed by atoms with Gasteiger partial charge in [-0.1, -0.05) is 29.8 Å². The summed E-state index contributed by atoms with van der Waals surface area (Å²) >= 11 is 0. The molecule has 0 bridgehead atoms. The summed E-state index contributed by atoms with van der Waals surface area (Å²) in [7, 11) is 0. The molecule has 0 aliphatic carbocycles. The molecule has 0 aromatic heterocycles. The highest BCUT2D eigenvalue weighted by molar-refractivity contribution is 6.39. The summed E-state index contributed by atoms with van der Waals surface area (Å²) in [5, 5.41) is 2.30. The number of rotatable bonds is 3. The van der Waals surface area contributed by atoms with E-state index in [0.29, 0.717) is 5.69 Å². The fourth-order valence-electron chi connectivity index (χ4n) is 4.31. The number of hydrogen-bond donors (Lipinski definition) is 1. The normalized spacial score (nSPS) is 18.4. The van der Waals surface area contributed by atoms with Gasteiger partial charge < -0.3 is 4.90 Å². The van der Waals surface area contributed by atoms with Crippen LogP contribution in [0.1, 0.15) is 35.1 Å². The van der Waals surface area contributed by atoms with Crippen molar-refractivity contribution >= 4 is 35.3 Å². The first-order chi connectivity index (χ1) is 14.3. The average Bonchev–Trinajstić information content (AvgIpc) is 3.22. The van der Waals surface area contributed by atoms with Gasteiger partial charge in [0.2, 0.25) is 0 Å². The Morgan fingerprint density at radius 1 is 0.900 bits per heavy atom. The standard InChI is InChI=1S/C24H25N3O3/c1-15-12-16(2)21(17(3)13-15)27-23(29)20(22(28)25-24(27)30)14-18-6-8-19(9-7-18)26-10-4-5-11-26/h6-9,12-14H,4-5,10-11H2,1-3H3,(H,25,28,30)/b20-14-. The molecule has 154 valence electrons. The summed E-state index contributed by atoms with van der Waals surface area (Å²) in [5.74, 6) is -1.28. The van der Waals surface area contributed by atoms with E-state index in [0.717, 1.165) is 45.9 Å². The SMILES string of the molecule is Cc1cc(C)c(N2C(=O)NC(=O)/C(=C/c3ccc(N4CCCC4)cc3)C2=O)c(C)c1. The number of anilines is 2. The van der Waals surface area contributed by atoms with Crippen molar-refractivity contribution in [2.75, 3.05) is 22.9 Å². The van der Waals surface area contributed by atoms with E-state index in [9.17, 15) is 14.4 Å². The van der Waals surface area contributed by atoms with Gasteiger partial charge in [-0.3, -0.25) is 14.9 Å². The molecular formula is C24H25N3O3. The molecule has 2 aliphatic heterocycles. The Hall–Kier alpha value is -3.41. The lowest BCUT2D eigenvalue weighted by Gasteiger charge is -2.29.